The number of hydrogen-bond donors (Lipinski definition) is 3. The molecule has 36 heavy (non-hydrogen) atoms. The Balaban J connectivity index is 1.70. The Morgan fingerprint density at radius 3 is 1.86 bits per heavy atom. The first-order chi connectivity index (χ1) is 17.4. The largest absolute Gasteiger partial charge is 0.490 e. The molecule has 8 nitrogen and oxygen atoms in total. The van der Waals surface area contributed by atoms with E-state index >= 15 is 0 Å². The van der Waals surface area contributed by atoms with Gasteiger partial charge in [-0.15, -0.1) is 0 Å². The molecule has 0 bridgehead atoms. The summed E-state index contributed by atoms with van der Waals surface area (Å²) in [5.41, 5.74) is 2.03. The molecule has 0 aliphatic rings. The van der Waals surface area contributed by atoms with Gasteiger partial charge in [-0.05, 0) is 75.5 Å². The Labute approximate surface area is 216 Å². The van der Waals surface area contributed by atoms with Gasteiger partial charge in [-0.25, -0.2) is 0 Å². The summed E-state index contributed by atoms with van der Waals surface area (Å²) in [7, 11) is 0. The highest BCUT2D eigenvalue weighted by atomic mass is 32.1. The Bertz CT molecular complexity index is 1190. The molecule has 0 spiro atoms. The monoisotopic (exact) mass is 507 g/mol. The second-order valence-corrected chi connectivity index (χ2v) is 7.82. The number of anilines is 2. The van der Waals surface area contributed by atoms with Gasteiger partial charge in [-0.2, -0.15) is 0 Å². The summed E-state index contributed by atoms with van der Waals surface area (Å²) in [6, 6.07) is 19.1. The predicted molar refractivity (Wildman–Crippen MR) is 144 cm³/mol. The lowest BCUT2D eigenvalue weighted by Crippen LogP contribution is -2.34. The maximum absolute atomic E-state index is 12.9. The fourth-order valence-corrected chi connectivity index (χ4v) is 3.54. The molecule has 9 heteroatoms. The number of nitrogens with one attached hydrogen (secondary N) is 3. The molecule has 188 valence electrons. The van der Waals surface area contributed by atoms with Crippen molar-refractivity contribution in [3.05, 3.63) is 77.9 Å². The molecule has 0 heterocycles. The molecular formula is C27H29N3O5S. The molecule has 3 aromatic rings. The van der Waals surface area contributed by atoms with Gasteiger partial charge in [0.1, 0.15) is 0 Å². The number of hydrogen-bond acceptors (Lipinski definition) is 6. The summed E-state index contributed by atoms with van der Waals surface area (Å²) >= 11 is 5.34. The molecule has 3 N–H and O–H groups in total. The molecule has 0 radical (unpaired) electrons. The van der Waals surface area contributed by atoms with Crippen molar-refractivity contribution in [3.63, 3.8) is 0 Å². The van der Waals surface area contributed by atoms with Crippen molar-refractivity contribution < 1.29 is 23.8 Å². The minimum Gasteiger partial charge on any atom is -0.490 e. The van der Waals surface area contributed by atoms with Crippen LogP contribution < -0.4 is 30.2 Å². The van der Waals surface area contributed by atoms with Crippen LogP contribution in [0.25, 0.3) is 0 Å². The number of thiocarbonyl (C=S) groups is 1. The van der Waals surface area contributed by atoms with E-state index in [-0.39, 0.29) is 11.0 Å². The maximum atomic E-state index is 12.9. The summed E-state index contributed by atoms with van der Waals surface area (Å²) in [6.07, 6.45) is 0. The Morgan fingerprint density at radius 1 is 0.694 bits per heavy atom. The van der Waals surface area contributed by atoms with Gasteiger partial charge in [0.05, 0.1) is 19.8 Å². The predicted octanol–water partition coefficient (Wildman–Crippen LogP) is 5.26. The molecule has 0 saturated carbocycles. The molecule has 3 aromatic carbocycles. The van der Waals surface area contributed by atoms with E-state index in [1.165, 1.54) is 0 Å². The van der Waals surface area contributed by atoms with Gasteiger partial charge in [0.15, 0.2) is 16.6 Å². The lowest BCUT2D eigenvalue weighted by molar-refractivity contribution is 0.0975. The lowest BCUT2D eigenvalue weighted by atomic mass is 10.1. The molecule has 0 saturated heterocycles. The third-order valence-corrected chi connectivity index (χ3v) is 5.02. The van der Waals surface area contributed by atoms with Gasteiger partial charge in [0.25, 0.3) is 11.8 Å². The fraction of sp³-hybridized carbons (Fsp3) is 0.222. The summed E-state index contributed by atoms with van der Waals surface area (Å²) in [5.74, 6) is 0.612. The van der Waals surface area contributed by atoms with Crippen molar-refractivity contribution in [1.29, 1.82) is 0 Å². The van der Waals surface area contributed by atoms with Crippen LogP contribution in [-0.4, -0.2) is 36.7 Å². The topological polar surface area (TPSA) is 97.9 Å². The molecular weight excluding hydrogens is 478 g/mol. The van der Waals surface area contributed by atoms with Gasteiger partial charge < -0.3 is 24.8 Å². The third kappa shape index (κ3) is 7.19. The SMILES string of the molecule is CCOc1cc(C(=O)NC(=S)Nc2cccc(NC(=O)c3ccccc3)c2)cc(OCC)c1OCC. The normalized spacial score (nSPS) is 10.2. The van der Waals surface area contributed by atoms with Gasteiger partial charge >= 0.3 is 0 Å². The molecule has 0 atom stereocenters. The third-order valence-electron chi connectivity index (χ3n) is 4.81. The van der Waals surface area contributed by atoms with Crippen LogP contribution in [0.15, 0.2) is 66.7 Å². The lowest BCUT2D eigenvalue weighted by Gasteiger charge is -2.17. The summed E-state index contributed by atoms with van der Waals surface area (Å²) in [6.45, 7) is 6.76. The van der Waals surface area contributed by atoms with Crippen LogP contribution in [0.3, 0.4) is 0 Å². The van der Waals surface area contributed by atoms with Crippen molar-refractivity contribution in [2.24, 2.45) is 0 Å². The van der Waals surface area contributed by atoms with E-state index in [0.717, 1.165) is 0 Å². The molecule has 3 rings (SSSR count). The van der Waals surface area contributed by atoms with E-state index in [4.69, 9.17) is 26.4 Å². The van der Waals surface area contributed by atoms with E-state index < -0.39 is 5.91 Å². The zero-order valence-electron chi connectivity index (χ0n) is 20.4. The minimum atomic E-state index is -0.439. The van der Waals surface area contributed by atoms with E-state index in [1.807, 2.05) is 26.8 Å². The highest BCUT2D eigenvalue weighted by Gasteiger charge is 2.19. The highest BCUT2D eigenvalue weighted by molar-refractivity contribution is 7.80. The van der Waals surface area contributed by atoms with Gasteiger partial charge in [0.2, 0.25) is 5.75 Å². The van der Waals surface area contributed by atoms with Crippen LogP contribution in [0.2, 0.25) is 0 Å². The second kappa shape index (κ2) is 13.1. The summed E-state index contributed by atoms with van der Waals surface area (Å²) in [4.78, 5) is 25.4. The van der Waals surface area contributed by atoms with Crippen LogP contribution in [0, 0.1) is 0 Å². The smallest absolute Gasteiger partial charge is 0.257 e. The molecule has 0 aromatic heterocycles. The summed E-state index contributed by atoms with van der Waals surface area (Å²) < 4.78 is 17.0. The summed E-state index contributed by atoms with van der Waals surface area (Å²) in [5, 5.41) is 8.57. The molecule has 2 amide bonds. The van der Waals surface area contributed by atoms with Gasteiger partial charge in [0, 0.05) is 22.5 Å². The zero-order chi connectivity index (χ0) is 25.9. The van der Waals surface area contributed by atoms with Crippen LogP contribution in [0.5, 0.6) is 17.2 Å². The first-order valence-electron chi connectivity index (χ1n) is 11.6. The van der Waals surface area contributed by atoms with Crippen molar-refractivity contribution in [2.45, 2.75) is 20.8 Å². The second-order valence-electron chi connectivity index (χ2n) is 7.41. The molecule has 0 fully saturated rings. The van der Waals surface area contributed by atoms with Gasteiger partial charge in [-0.3, -0.25) is 14.9 Å². The first kappa shape index (κ1) is 26.5. The number of amides is 2. The number of benzene rings is 3. The number of rotatable bonds is 10. The highest BCUT2D eigenvalue weighted by Crippen LogP contribution is 2.39. The molecule has 0 unspecified atom stereocenters. The Hall–Kier alpha value is -4.11. The van der Waals surface area contributed by atoms with Crippen LogP contribution in [0.4, 0.5) is 11.4 Å². The number of ether oxygens (including phenoxy) is 3. The fourth-order valence-electron chi connectivity index (χ4n) is 3.32. The standard InChI is InChI=1S/C27H29N3O5S/c1-4-33-22-15-19(16-23(34-5-2)24(22)35-6-3)26(32)30-27(36)29-21-14-10-13-20(17-21)28-25(31)18-11-8-7-9-12-18/h7-17H,4-6H2,1-3H3,(H,28,31)(H2,29,30,32,36). The van der Waals surface area contributed by atoms with Crippen LogP contribution in [0.1, 0.15) is 41.5 Å². The Kier molecular flexibility index (Phi) is 9.64. The quantitative estimate of drug-likeness (QED) is 0.322. The maximum Gasteiger partial charge on any atom is 0.257 e. The van der Waals surface area contributed by atoms with Crippen LogP contribution >= 0.6 is 12.2 Å². The van der Waals surface area contributed by atoms with E-state index in [9.17, 15) is 9.59 Å². The van der Waals surface area contributed by atoms with E-state index in [2.05, 4.69) is 16.0 Å². The average molecular weight is 508 g/mol. The van der Waals surface area contributed by atoms with Crippen molar-refractivity contribution in [2.75, 3.05) is 30.5 Å². The van der Waals surface area contributed by atoms with Crippen molar-refractivity contribution >= 4 is 40.5 Å². The molecule has 0 aliphatic heterocycles. The Morgan fingerprint density at radius 2 is 1.28 bits per heavy atom. The zero-order valence-corrected chi connectivity index (χ0v) is 21.2. The first-order valence-corrected chi connectivity index (χ1v) is 12.0. The van der Waals surface area contributed by atoms with Gasteiger partial charge in [-0.1, -0.05) is 24.3 Å². The van der Waals surface area contributed by atoms with Crippen molar-refractivity contribution in [3.8, 4) is 17.2 Å². The van der Waals surface area contributed by atoms with E-state index in [1.54, 1.807) is 60.7 Å². The minimum absolute atomic E-state index is 0.0938. The van der Waals surface area contributed by atoms with E-state index in [0.29, 0.717) is 59.6 Å². The van der Waals surface area contributed by atoms with Crippen LogP contribution in [-0.2, 0) is 0 Å². The molecule has 0 aliphatic carbocycles. The van der Waals surface area contributed by atoms with Crippen molar-refractivity contribution in [1.82, 2.24) is 5.32 Å². The number of carbonyl (C=O) groups excluding carboxylic acids is 2. The average Bonchev–Trinajstić information content (AvgIpc) is 2.86. The number of carbonyl (C=O) groups is 2.